The molecule has 0 aliphatic heterocycles. The fraction of sp³-hybridized carbons (Fsp3) is 0.440. The molecule has 0 aromatic heterocycles. The highest BCUT2D eigenvalue weighted by Crippen LogP contribution is 2.47. The van der Waals surface area contributed by atoms with Crippen LogP contribution in [0.25, 0.3) is 11.1 Å². The molecule has 2 aromatic rings. The molecule has 2 aromatic carbocycles. The third-order valence-corrected chi connectivity index (χ3v) is 7.85. The largest absolute Gasteiger partial charge is 0.467 e. The van der Waals surface area contributed by atoms with E-state index < -0.39 is 25.3 Å². The quantitative estimate of drug-likeness (QED) is 0.373. The summed E-state index contributed by atoms with van der Waals surface area (Å²) in [5.41, 5.74) is 8.29. The predicted molar refractivity (Wildman–Crippen MR) is 132 cm³/mol. The first-order valence-corrected chi connectivity index (χ1v) is 13.1. The van der Waals surface area contributed by atoms with Crippen molar-refractivity contribution in [2.75, 3.05) is 31.6 Å². The van der Waals surface area contributed by atoms with Crippen molar-refractivity contribution in [1.82, 2.24) is 0 Å². The number of carbonyl (C=O) groups excluding carboxylic acids is 2. The lowest BCUT2D eigenvalue weighted by atomic mass is 9.96. The molecule has 0 fully saturated rings. The van der Waals surface area contributed by atoms with Crippen molar-refractivity contribution in [3.8, 4) is 11.1 Å². The lowest BCUT2D eigenvalue weighted by molar-refractivity contribution is -0.143. The number of hydrogen-bond acceptors (Lipinski definition) is 6. The zero-order chi connectivity index (χ0) is 24.6. The maximum atomic E-state index is 13.8. The van der Waals surface area contributed by atoms with E-state index in [1.807, 2.05) is 68.4 Å². The summed E-state index contributed by atoms with van der Waals surface area (Å²) in [5.74, 6) is -1.30. The zero-order valence-corrected chi connectivity index (χ0v) is 21.0. The number of nitrogens with zero attached hydrogens (tertiary/aromatic N) is 1. The predicted octanol–water partition coefficient (Wildman–Crippen LogP) is 4.75. The highest BCUT2D eigenvalue weighted by atomic mass is 31.2. The molecule has 1 amide bonds. The van der Waals surface area contributed by atoms with Crippen LogP contribution in [0.4, 0.5) is 5.69 Å². The molecule has 0 heterocycles. The molecule has 7 nitrogen and oxygen atoms in total. The van der Waals surface area contributed by atoms with Crippen LogP contribution in [-0.2, 0) is 23.4 Å². The fourth-order valence-corrected chi connectivity index (χ4v) is 5.27. The zero-order valence-electron chi connectivity index (χ0n) is 20.1. The van der Waals surface area contributed by atoms with E-state index in [9.17, 15) is 14.2 Å². The van der Waals surface area contributed by atoms with Gasteiger partial charge in [-0.2, -0.15) is 0 Å². The summed E-state index contributed by atoms with van der Waals surface area (Å²) in [7, 11) is -0.534. The van der Waals surface area contributed by atoms with Gasteiger partial charge in [0.1, 0.15) is 6.04 Å². The van der Waals surface area contributed by atoms with Gasteiger partial charge in [0.05, 0.1) is 13.4 Å². The fourth-order valence-electron chi connectivity index (χ4n) is 3.84. The van der Waals surface area contributed by atoms with Crippen LogP contribution in [0.2, 0.25) is 0 Å². The standard InChI is InChI=1S/C25H35N2O5P/c1-18(2)15-22(16-33(30,17-26)32-5)24(28)27(19(3)25(29)31-4)23-13-11-21(12-14-23)20-9-7-6-8-10-20/h6-14,18-19,22H,15-17,26H2,1-5H3/t19-,22?,33?/m0/s1. The first kappa shape index (κ1) is 26.8. The minimum Gasteiger partial charge on any atom is -0.467 e. The number of ether oxygens (including phenoxy) is 1. The molecular weight excluding hydrogens is 439 g/mol. The van der Waals surface area contributed by atoms with E-state index >= 15 is 0 Å². The van der Waals surface area contributed by atoms with Crippen LogP contribution in [0.3, 0.4) is 0 Å². The molecule has 0 spiro atoms. The number of amides is 1. The van der Waals surface area contributed by atoms with Crippen molar-refractivity contribution in [3.63, 3.8) is 0 Å². The number of hydrogen-bond donors (Lipinski definition) is 1. The summed E-state index contributed by atoms with van der Waals surface area (Å²) < 4.78 is 23.1. The van der Waals surface area contributed by atoms with E-state index in [1.165, 1.54) is 19.1 Å². The Morgan fingerprint density at radius 1 is 0.970 bits per heavy atom. The van der Waals surface area contributed by atoms with Crippen LogP contribution in [-0.4, -0.2) is 44.6 Å². The molecule has 0 saturated carbocycles. The minimum atomic E-state index is -3.17. The van der Waals surface area contributed by atoms with Crippen molar-refractivity contribution in [2.45, 2.75) is 33.2 Å². The summed E-state index contributed by atoms with van der Waals surface area (Å²) in [6.45, 7) is 5.60. The molecule has 2 unspecified atom stereocenters. The Labute approximate surface area is 196 Å². The maximum Gasteiger partial charge on any atom is 0.328 e. The van der Waals surface area contributed by atoms with Gasteiger partial charge in [0.2, 0.25) is 13.3 Å². The molecule has 33 heavy (non-hydrogen) atoms. The second kappa shape index (κ2) is 12.1. The van der Waals surface area contributed by atoms with Crippen molar-refractivity contribution in [1.29, 1.82) is 0 Å². The van der Waals surface area contributed by atoms with Gasteiger partial charge in [-0.05, 0) is 42.5 Å². The Hall–Kier alpha value is -2.47. The lowest BCUT2D eigenvalue weighted by Gasteiger charge is -2.33. The summed E-state index contributed by atoms with van der Waals surface area (Å²) in [6.07, 6.45) is 0.353. The van der Waals surface area contributed by atoms with Crippen molar-refractivity contribution >= 4 is 24.9 Å². The number of benzene rings is 2. The van der Waals surface area contributed by atoms with Gasteiger partial charge in [-0.3, -0.25) is 14.3 Å². The first-order chi connectivity index (χ1) is 15.7. The van der Waals surface area contributed by atoms with E-state index in [0.29, 0.717) is 12.1 Å². The van der Waals surface area contributed by atoms with Crippen molar-refractivity contribution in [3.05, 3.63) is 54.6 Å². The lowest BCUT2D eigenvalue weighted by Crippen LogP contribution is -2.48. The number of methoxy groups -OCH3 is 1. The SMILES string of the molecule is COC(=O)[C@H](C)N(C(=O)C(CC(C)C)CP(=O)(CN)OC)c1ccc(-c2ccccc2)cc1. The average molecular weight is 475 g/mol. The summed E-state index contributed by atoms with van der Waals surface area (Å²) in [6, 6.07) is 16.5. The van der Waals surface area contributed by atoms with Gasteiger partial charge in [-0.15, -0.1) is 0 Å². The van der Waals surface area contributed by atoms with E-state index in [4.69, 9.17) is 15.0 Å². The van der Waals surface area contributed by atoms with E-state index in [-0.39, 0.29) is 24.3 Å². The molecule has 2 N–H and O–H groups in total. The third kappa shape index (κ3) is 7.00. The second-order valence-electron chi connectivity index (χ2n) is 8.51. The molecular formula is C25H35N2O5P. The first-order valence-electron chi connectivity index (χ1n) is 11.1. The van der Waals surface area contributed by atoms with Gasteiger partial charge in [0.15, 0.2) is 0 Å². The van der Waals surface area contributed by atoms with Crippen LogP contribution in [0, 0.1) is 11.8 Å². The van der Waals surface area contributed by atoms with Gasteiger partial charge >= 0.3 is 5.97 Å². The summed E-state index contributed by atoms with van der Waals surface area (Å²) in [5, 5.41) is 0. The van der Waals surface area contributed by atoms with E-state index in [0.717, 1.165) is 11.1 Å². The molecule has 0 aliphatic carbocycles. The number of esters is 1. The van der Waals surface area contributed by atoms with Crippen LogP contribution in [0.5, 0.6) is 0 Å². The average Bonchev–Trinajstić information content (AvgIpc) is 2.83. The minimum absolute atomic E-state index is 0.0174. The van der Waals surface area contributed by atoms with Gasteiger partial charge in [0.25, 0.3) is 0 Å². The number of rotatable bonds is 11. The molecule has 180 valence electrons. The van der Waals surface area contributed by atoms with Crippen LogP contribution >= 0.6 is 7.37 Å². The molecule has 2 rings (SSSR count). The summed E-state index contributed by atoms with van der Waals surface area (Å²) in [4.78, 5) is 27.7. The van der Waals surface area contributed by atoms with Crippen LogP contribution in [0.1, 0.15) is 27.2 Å². The topological polar surface area (TPSA) is 98.9 Å². The van der Waals surface area contributed by atoms with Crippen molar-refractivity contribution < 1.29 is 23.4 Å². The van der Waals surface area contributed by atoms with Gasteiger partial charge in [-0.25, -0.2) is 4.79 Å². The Bertz CT molecular complexity index is 955. The second-order valence-corrected chi connectivity index (χ2v) is 11.2. The molecule has 0 bridgehead atoms. The van der Waals surface area contributed by atoms with E-state index in [2.05, 4.69) is 0 Å². The smallest absolute Gasteiger partial charge is 0.328 e. The molecule has 3 atom stereocenters. The maximum absolute atomic E-state index is 13.8. The van der Waals surface area contributed by atoms with Gasteiger partial charge < -0.3 is 15.0 Å². The molecule has 0 saturated heterocycles. The number of anilines is 1. The number of nitrogens with two attached hydrogens (primary N) is 1. The normalized spacial score (nSPS) is 14.9. The van der Waals surface area contributed by atoms with Gasteiger partial charge in [0, 0.05) is 24.9 Å². The van der Waals surface area contributed by atoms with Gasteiger partial charge in [-0.1, -0.05) is 56.3 Å². The number of carbonyl (C=O) groups is 2. The van der Waals surface area contributed by atoms with Crippen molar-refractivity contribution in [2.24, 2.45) is 17.6 Å². The Kier molecular flexibility index (Phi) is 9.84. The van der Waals surface area contributed by atoms with E-state index in [1.54, 1.807) is 6.92 Å². The van der Waals surface area contributed by atoms with Crippen LogP contribution in [0.15, 0.2) is 54.6 Å². The Morgan fingerprint density at radius 3 is 2.03 bits per heavy atom. The molecule has 8 heteroatoms. The molecule has 0 aliphatic rings. The van der Waals surface area contributed by atoms with Crippen LogP contribution < -0.4 is 10.6 Å². The Balaban J connectivity index is 2.47. The monoisotopic (exact) mass is 474 g/mol. The summed E-state index contributed by atoms with van der Waals surface area (Å²) >= 11 is 0. The highest BCUT2D eigenvalue weighted by molar-refractivity contribution is 7.58. The Morgan fingerprint density at radius 2 is 1.55 bits per heavy atom. The third-order valence-electron chi connectivity index (χ3n) is 5.63. The molecule has 0 radical (unpaired) electrons. The highest BCUT2D eigenvalue weighted by Gasteiger charge is 2.37.